The summed E-state index contributed by atoms with van der Waals surface area (Å²) in [4.78, 5) is 14.7. The maximum atomic E-state index is 12.9. The molecule has 4 rings (SSSR count). The molecule has 0 unspecified atom stereocenters. The molecule has 1 N–H and O–H groups in total. The van der Waals surface area contributed by atoms with Crippen molar-refractivity contribution in [2.45, 2.75) is 18.9 Å². The molecule has 0 saturated carbocycles. The molecule has 6 nitrogen and oxygen atoms in total. The molecular formula is C22H24N4O2. The van der Waals surface area contributed by atoms with Gasteiger partial charge in [0.25, 0.3) is 5.91 Å². The van der Waals surface area contributed by atoms with E-state index in [1.54, 1.807) is 15.8 Å². The van der Waals surface area contributed by atoms with Crippen LogP contribution in [0.2, 0.25) is 0 Å². The molecule has 1 aliphatic heterocycles. The van der Waals surface area contributed by atoms with Crippen LogP contribution in [-0.4, -0.2) is 50.6 Å². The number of amides is 1. The van der Waals surface area contributed by atoms with E-state index >= 15 is 0 Å². The normalized spacial score (nSPS) is 17.1. The first-order chi connectivity index (χ1) is 13.8. The minimum absolute atomic E-state index is 0.112. The fourth-order valence-corrected chi connectivity index (χ4v) is 3.83. The van der Waals surface area contributed by atoms with E-state index in [0.29, 0.717) is 18.8 Å². The molecule has 2 aromatic carbocycles. The molecule has 1 fully saturated rings. The number of hydrogen-bond donors (Lipinski definition) is 1. The van der Waals surface area contributed by atoms with Gasteiger partial charge in [0, 0.05) is 19.7 Å². The molecule has 144 valence electrons. The molecule has 1 saturated heterocycles. The molecule has 0 spiro atoms. The van der Waals surface area contributed by atoms with Gasteiger partial charge in [0.1, 0.15) is 6.04 Å². The smallest absolute Gasteiger partial charge is 0.276 e. The van der Waals surface area contributed by atoms with Crippen molar-refractivity contribution in [2.75, 3.05) is 19.7 Å². The molecule has 1 atom stereocenters. The lowest BCUT2D eigenvalue weighted by Crippen LogP contribution is -2.41. The highest BCUT2D eigenvalue weighted by Crippen LogP contribution is 2.26. The molecule has 28 heavy (non-hydrogen) atoms. The predicted molar refractivity (Wildman–Crippen MR) is 106 cm³/mol. The van der Waals surface area contributed by atoms with Crippen LogP contribution in [0, 0.1) is 5.92 Å². The van der Waals surface area contributed by atoms with Crippen LogP contribution in [0.5, 0.6) is 0 Å². The van der Waals surface area contributed by atoms with Gasteiger partial charge in [-0.25, -0.2) is 4.68 Å². The fourth-order valence-electron chi connectivity index (χ4n) is 3.83. The second kappa shape index (κ2) is 8.35. The predicted octanol–water partition coefficient (Wildman–Crippen LogP) is 2.76. The zero-order chi connectivity index (χ0) is 19.3. The second-order valence-corrected chi connectivity index (χ2v) is 7.25. The van der Waals surface area contributed by atoms with Crippen LogP contribution in [0.4, 0.5) is 0 Å². The summed E-state index contributed by atoms with van der Waals surface area (Å²) in [7, 11) is 0. The number of aromatic nitrogens is 3. The van der Waals surface area contributed by atoms with Gasteiger partial charge in [-0.1, -0.05) is 65.9 Å². The molecule has 2 heterocycles. The minimum Gasteiger partial charge on any atom is -0.396 e. The van der Waals surface area contributed by atoms with Crippen molar-refractivity contribution in [3.8, 4) is 0 Å². The zero-order valence-electron chi connectivity index (χ0n) is 15.7. The van der Waals surface area contributed by atoms with Gasteiger partial charge in [0.2, 0.25) is 0 Å². The summed E-state index contributed by atoms with van der Waals surface area (Å²) in [5, 5.41) is 17.9. The SMILES string of the molecule is O=C(c1cn(C(c2ccccc2)c2ccccc2)nn1)N1CCC[C@H](CO)C1. The first-order valence-corrected chi connectivity index (χ1v) is 9.68. The van der Waals surface area contributed by atoms with Crippen LogP contribution in [0.25, 0.3) is 0 Å². The second-order valence-electron chi connectivity index (χ2n) is 7.25. The topological polar surface area (TPSA) is 71.2 Å². The lowest BCUT2D eigenvalue weighted by molar-refractivity contribution is 0.0615. The van der Waals surface area contributed by atoms with Crippen molar-refractivity contribution >= 4 is 5.91 Å². The Morgan fingerprint density at radius 3 is 2.32 bits per heavy atom. The molecule has 6 heteroatoms. The lowest BCUT2D eigenvalue weighted by atomic mass is 9.98. The Hall–Kier alpha value is -2.99. The highest BCUT2D eigenvalue weighted by molar-refractivity contribution is 5.92. The first kappa shape index (κ1) is 18.4. The minimum atomic E-state index is -0.150. The lowest BCUT2D eigenvalue weighted by Gasteiger charge is -2.31. The molecule has 1 aliphatic rings. The van der Waals surface area contributed by atoms with Crippen LogP contribution in [-0.2, 0) is 0 Å². The highest BCUT2D eigenvalue weighted by atomic mass is 16.3. The molecule has 1 aromatic heterocycles. The molecule has 0 radical (unpaired) electrons. The van der Waals surface area contributed by atoms with Crippen molar-refractivity contribution in [2.24, 2.45) is 5.92 Å². The molecule has 0 aliphatic carbocycles. The molecular weight excluding hydrogens is 352 g/mol. The van der Waals surface area contributed by atoms with Gasteiger partial charge in [-0.3, -0.25) is 4.79 Å². The van der Waals surface area contributed by atoms with Crippen molar-refractivity contribution in [3.63, 3.8) is 0 Å². The summed E-state index contributed by atoms with van der Waals surface area (Å²) in [6, 6.07) is 20.0. The number of carbonyl (C=O) groups is 1. The van der Waals surface area contributed by atoms with Gasteiger partial charge in [-0.15, -0.1) is 5.10 Å². The van der Waals surface area contributed by atoms with E-state index in [2.05, 4.69) is 34.6 Å². The van der Waals surface area contributed by atoms with Crippen LogP contribution >= 0.6 is 0 Å². The van der Waals surface area contributed by atoms with Crippen molar-refractivity contribution < 1.29 is 9.90 Å². The maximum absolute atomic E-state index is 12.9. The number of rotatable bonds is 5. The van der Waals surface area contributed by atoms with Crippen molar-refractivity contribution in [3.05, 3.63) is 83.7 Å². The number of aliphatic hydroxyl groups excluding tert-OH is 1. The first-order valence-electron chi connectivity index (χ1n) is 9.68. The average molecular weight is 376 g/mol. The average Bonchev–Trinajstić information content (AvgIpc) is 3.24. The van der Waals surface area contributed by atoms with Gasteiger partial charge in [0.15, 0.2) is 5.69 Å². The van der Waals surface area contributed by atoms with Gasteiger partial charge < -0.3 is 10.0 Å². The van der Waals surface area contributed by atoms with E-state index in [4.69, 9.17) is 0 Å². The Morgan fingerprint density at radius 2 is 1.71 bits per heavy atom. The van der Waals surface area contributed by atoms with Crippen molar-refractivity contribution in [1.82, 2.24) is 19.9 Å². The van der Waals surface area contributed by atoms with Gasteiger partial charge in [-0.2, -0.15) is 0 Å². The van der Waals surface area contributed by atoms with Gasteiger partial charge in [-0.05, 0) is 29.9 Å². The van der Waals surface area contributed by atoms with Gasteiger partial charge >= 0.3 is 0 Å². The number of nitrogens with zero attached hydrogens (tertiary/aromatic N) is 4. The van der Waals surface area contributed by atoms with E-state index in [9.17, 15) is 9.90 Å². The number of piperidine rings is 1. The van der Waals surface area contributed by atoms with E-state index in [1.165, 1.54) is 0 Å². The quantitative estimate of drug-likeness (QED) is 0.743. The third kappa shape index (κ3) is 3.82. The Balaban J connectivity index is 1.63. The van der Waals surface area contributed by atoms with E-state index in [-0.39, 0.29) is 24.5 Å². The summed E-state index contributed by atoms with van der Waals surface area (Å²) in [5.74, 6) is 0.0263. The monoisotopic (exact) mass is 376 g/mol. The summed E-state index contributed by atoms with van der Waals surface area (Å²) in [5.41, 5.74) is 2.50. The van der Waals surface area contributed by atoms with Gasteiger partial charge in [0.05, 0.1) is 6.20 Å². The van der Waals surface area contributed by atoms with Crippen LogP contribution in [0.3, 0.4) is 0 Å². The Bertz CT molecular complexity index is 871. The third-order valence-electron chi connectivity index (χ3n) is 5.29. The molecule has 1 amide bonds. The third-order valence-corrected chi connectivity index (χ3v) is 5.29. The number of benzene rings is 2. The number of aliphatic hydroxyl groups is 1. The standard InChI is InChI=1S/C22H24N4O2/c27-16-17-8-7-13-25(14-17)22(28)20-15-26(24-23-20)21(18-9-3-1-4-10-18)19-11-5-2-6-12-19/h1-6,9-12,15,17,21,27H,7-8,13-14,16H2/t17-/m0/s1. The summed E-state index contributed by atoms with van der Waals surface area (Å²) in [6.07, 6.45) is 3.59. The van der Waals surface area contributed by atoms with E-state index in [0.717, 1.165) is 24.0 Å². The molecule has 3 aromatic rings. The molecule has 0 bridgehead atoms. The summed E-state index contributed by atoms with van der Waals surface area (Å²) < 4.78 is 1.76. The van der Waals surface area contributed by atoms with E-state index in [1.807, 2.05) is 36.4 Å². The maximum Gasteiger partial charge on any atom is 0.276 e. The zero-order valence-corrected chi connectivity index (χ0v) is 15.7. The summed E-state index contributed by atoms with van der Waals surface area (Å²) in [6.45, 7) is 1.38. The van der Waals surface area contributed by atoms with Crippen LogP contribution < -0.4 is 0 Å². The van der Waals surface area contributed by atoms with E-state index < -0.39 is 0 Å². The van der Waals surface area contributed by atoms with Crippen molar-refractivity contribution in [1.29, 1.82) is 0 Å². The van der Waals surface area contributed by atoms with Crippen LogP contribution in [0.1, 0.15) is 40.5 Å². The number of likely N-dealkylation sites (tertiary alicyclic amines) is 1. The fraction of sp³-hybridized carbons (Fsp3) is 0.318. The Kier molecular flexibility index (Phi) is 5.48. The number of hydrogen-bond acceptors (Lipinski definition) is 4. The Labute approximate surface area is 164 Å². The highest BCUT2D eigenvalue weighted by Gasteiger charge is 2.27. The largest absolute Gasteiger partial charge is 0.396 e. The van der Waals surface area contributed by atoms with Crippen LogP contribution in [0.15, 0.2) is 66.9 Å². The number of carbonyl (C=O) groups excluding carboxylic acids is 1. The Morgan fingerprint density at radius 1 is 1.07 bits per heavy atom. The summed E-state index contributed by atoms with van der Waals surface area (Å²) >= 11 is 0.